The largest absolute Gasteiger partial charge is 0.309 e. The van der Waals surface area contributed by atoms with Crippen LogP contribution in [0.4, 0.5) is 0 Å². The third-order valence-electron chi connectivity index (χ3n) is 7.47. The molecule has 8 aromatic rings. The van der Waals surface area contributed by atoms with Crippen LogP contribution in [0.1, 0.15) is 0 Å². The summed E-state index contributed by atoms with van der Waals surface area (Å²) in [5, 5.41) is 7.72. The summed E-state index contributed by atoms with van der Waals surface area (Å²) in [6, 6.07) is 48.0. The fourth-order valence-corrected chi connectivity index (χ4v) is 6.08. The Balaban J connectivity index is 1.75. The molecular weight excluding hydrogens is 436 g/mol. The molecule has 0 aliphatic rings. The first-order valence-electron chi connectivity index (χ1n) is 12.4. The molecule has 0 radical (unpaired) electrons. The molecule has 0 fully saturated rings. The molecule has 0 amide bonds. The lowest BCUT2D eigenvalue weighted by molar-refractivity contribution is 1.18. The summed E-state index contributed by atoms with van der Waals surface area (Å²) in [6.07, 6.45) is 0. The summed E-state index contributed by atoms with van der Waals surface area (Å²) in [5.74, 6) is 0. The van der Waals surface area contributed by atoms with Gasteiger partial charge in [-0.25, -0.2) is 0 Å². The van der Waals surface area contributed by atoms with Gasteiger partial charge in [0.1, 0.15) is 0 Å². The van der Waals surface area contributed by atoms with E-state index >= 15 is 0 Å². The minimum atomic E-state index is 1.18. The molecule has 0 spiro atoms. The van der Waals surface area contributed by atoms with Crippen molar-refractivity contribution in [2.45, 2.75) is 0 Å². The number of hydrogen-bond acceptors (Lipinski definition) is 0. The van der Waals surface area contributed by atoms with Gasteiger partial charge in [0, 0.05) is 43.7 Å². The Kier molecular flexibility index (Phi) is 3.97. The van der Waals surface area contributed by atoms with Crippen LogP contribution in [0.2, 0.25) is 0 Å². The fourth-order valence-electron chi connectivity index (χ4n) is 6.08. The highest BCUT2D eigenvalue weighted by molar-refractivity contribution is 6.37. The molecule has 2 nitrogen and oxygen atoms in total. The van der Waals surface area contributed by atoms with Crippen LogP contribution in [0.25, 0.3) is 65.8 Å². The van der Waals surface area contributed by atoms with Gasteiger partial charge < -0.3 is 9.13 Å². The van der Waals surface area contributed by atoms with Gasteiger partial charge in [-0.15, -0.1) is 0 Å². The molecule has 0 bridgehead atoms. The van der Waals surface area contributed by atoms with E-state index in [9.17, 15) is 0 Å². The van der Waals surface area contributed by atoms with E-state index in [4.69, 9.17) is 0 Å². The van der Waals surface area contributed by atoms with Crippen molar-refractivity contribution >= 4 is 54.4 Å². The van der Waals surface area contributed by atoms with Crippen molar-refractivity contribution in [3.8, 4) is 11.4 Å². The molecule has 0 aliphatic carbocycles. The summed E-state index contributed by atoms with van der Waals surface area (Å²) < 4.78 is 4.89. The average Bonchev–Trinajstić information content (AvgIpc) is 3.48. The highest BCUT2D eigenvalue weighted by Gasteiger charge is 2.23. The van der Waals surface area contributed by atoms with Crippen LogP contribution in [0.5, 0.6) is 0 Å². The van der Waals surface area contributed by atoms with E-state index in [2.05, 4.69) is 143 Å². The van der Waals surface area contributed by atoms with E-state index in [1.165, 1.54) is 65.8 Å². The molecule has 0 N–H and O–H groups in total. The van der Waals surface area contributed by atoms with E-state index < -0.39 is 0 Å². The van der Waals surface area contributed by atoms with Gasteiger partial charge in [-0.3, -0.25) is 0 Å². The molecule has 168 valence electrons. The summed E-state index contributed by atoms with van der Waals surface area (Å²) in [5.41, 5.74) is 7.35. The lowest BCUT2D eigenvalue weighted by Crippen LogP contribution is -1.96. The highest BCUT2D eigenvalue weighted by atomic mass is 15.0. The zero-order chi connectivity index (χ0) is 23.6. The molecule has 6 aromatic carbocycles. The van der Waals surface area contributed by atoms with Gasteiger partial charge >= 0.3 is 0 Å². The molecule has 8 rings (SSSR count). The molecular formula is C34H22N2. The third kappa shape index (κ3) is 2.50. The number of para-hydroxylation sites is 4. The summed E-state index contributed by atoms with van der Waals surface area (Å²) in [7, 11) is 0. The molecule has 0 aliphatic heterocycles. The SMILES string of the molecule is c1ccc(-n2c3ccccc3c3c4c5ccccc5n(-c5ccccc5)c4c4ccccc4c32)cc1. The number of aromatic nitrogens is 2. The Labute approximate surface area is 208 Å². The standard InChI is InChI=1S/C34H22N2/c1-3-13-23(14-4-1)35-29-21-11-9-19-27(29)31-32-28-20-10-12-22-30(28)36(24-15-5-2-6-16-24)34(32)26-18-8-7-17-25(26)33(31)35/h1-22H. The first-order valence-corrected chi connectivity index (χ1v) is 12.4. The summed E-state index contributed by atoms with van der Waals surface area (Å²) in [6.45, 7) is 0. The normalized spacial score (nSPS) is 11.9. The van der Waals surface area contributed by atoms with Crippen LogP contribution >= 0.6 is 0 Å². The van der Waals surface area contributed by atoms with E-state index in [1.807, 2.05) is 0 Å². The van der Waals surface area contributed by atoms with E-state index in [0.717, 1.165) is 0 Å². The van der Waals surface area contributed by atoms with Crippen molar-refractivity contribution in [3.63, 3.8) is 0 Å². The molecule has 0 atom stereocenters. The topological polar surface area (TPSA) is 9.86 Å². The van der Waals surface area contributed by atoms with Crippen LogP contribution < -0.4 is 0 Å². The van der Waals surface area contributed by atoms with Crippen molar-refractivity contribution < 1.29 is 0 Å². The smallest absolute Gasteiger partial charge is 0.0627 e. The second kappa shape index (κ2) is 7.34. The van der Waals surface area contributed by atoms with E-state index in [1.54, 1.807) is 0 Å². The van der Waals surface area contributed by atoms with Crippen LogP contribution in [0.3, 0.4) is 0 Å². The van der Waals surface area contributed by atoms with Gasteiger partial charge in [-0.05, 0) is 36.4 Å². The first-order chi connectivity index (χ1) is 17.9. The second-order valence-corrected chi connectivity index (χ2v) is 9.37. The molecule has 2 heteroatoms. The zero-order valence-electron chi connectivity index (χ0n) is 19.6. The minimum absolute atomic E-state index is 1.18. The summed E-state index contributed by atoms with van der Waals surface area (Å²) >= 11 is 0. The van der Waals surface area contributed by atoms with Crippen LogP contribution in [-0.2, 0) is 0 Å². The van der Waals surface area contributed by atoms with E-state index in [0.29, 0.717) is 0 Å². The maximum atomic E-state index is 2.45. The molecule has 0 unspecified atom stereocenters. The lowest BCUT2D eigenvalue weighted by atomic mass is 9.99. The monoisotopic (exact) mass is 458 g/mol. The minimum Gasteiger partial charge on any atom is -0.309 e. The molecule has 0 saturated carbocycles. The molecule has 2 heterocycles. The van der Waals surface area contributed by atoms with Crippen LogP contribution in [0.15, 0.2) is 133 Å². The van der Waals surface area contributed by atoms with Crippen molar-refractivity contribution in [1.29, 1.82) is 0 Å². The van der Waals surface area contributed by atoms with Crippen molar-refractivity contribution in [3.05, 3.63) is 133 Å². The Hall–Kier alpha value is -4.82. The predicted octanol–water partition coefficient (Wildman–Crippen LogP) is 9.03. The Morgan fingerprint density at radius 1 is 0.306 bits per heavy atom. The number of rotatable bonds is 2. The Morgan fingerprint density at radius 3 is 1.06 bits per heavy atom. The lowest BCUT2D eigenvalue weighted by Gasteiger charge is -2.13. The first kappa shape index (κ1) is 19.5. The summed E-state index contributed by atoms with van der Waals surface area (Å²) in [4.78, 5) is 0. The second-order valence-electron chi connectivity index (χ2n) is 9.37. The maximum absolute atomic E-state index is 2.45. The third-order valence-corrected chi connectivity index (χ3v) is 7.47. The van der Waals surface area contributed by atoms with Gasteiger partial charge in [0.25, 0.3) is 0 Å². The zero-order valence-corrected chi connectivity index (χ0v) is 19.6. The van der Waals surface area contributed by atoms with Gasteiger partial charge in [0.05, 0.1) is 22.1 Å². The van der Waals surface area contributed by atoms with Gasteiger partial charge in [0.15, 0.2) is 0 Å². The number of nitrogens with zero attached hydrogens (tertiary/aromatic N) is 2. The molecule has 36 heavy (non-hydrogen) atoms. The van der Waals surface area contributed by atoms with Crippen LogP contribution in [0, 0.1) is 0 Å². The quantitative estimate of drug-likeness (QED) is 0.244. The van der Waals surface area contributed by atoms with Crippen molar-refractivity contribution in [2.75, 3.05) is 0 Å². The number of fused-ring (bicyclic) bond motifs is 10. The maximum Gasteiger partial charge on any atom is 0.0627 e. The molecule has 0 saturated heterocycles. The van der Waals surface area contributed by atoms with E-state index in [-0.39, 0.29) is 0 Å². The van der Waals surface area contributed by atoms with Crippen LogP contribution in [-0.4, -0.2) is 9.13 Å². The predicted molar refractivity (Wildman–Crippen MR) is 153 cm³/mol. The van der Waals surface area contributed by atoms with Crippen molar-refractivity contribution in [2.24, 2.45) is 0 Å². The molecule has 2 aromatic heterocycles. The van der Waals surface area contributed by atoms with Gasteiger partial charge in [-0.2, -0.15) is 0 Å². The van der Waals surface area contributed by atoms with Crippen molar-refractivity contribution in [1.82, 2.24) is 9.13 Å². The average molecular weight is 459 g/mol. The van der Waals surface area contributed by atoms with Gasteiger partial charge in [0.2, 0.25) is 0 Å². The highest BCUT2D eigenvalue weighted by Crippen LogP contribution is 2.46. The fraction of sp³-hybridized carbons (Fsp3) is 0. The number of hydrogen-bond donors (Lipinski definition) is 0. The Bertz CT molecular complexity index is 1930. The van der Waals surface area contributed by atoms with Gasteiger partial charge in [-0.1, -0.05) is 97.1 Å². The Morgan fingerprint density at radius 2 is 0.639 bits per heavy atom. The number of benzene rings is 6.